The van der Waals surface area contributed by atoms with Gasteiger partial charge in [0.25, 0.3) is 5.91 Å². The van der Waals surface area contributed by atoms with Gasteiger partial charge in [0, 0.05) is 30.6 Å². The van der Waals surface area contributed by atoms with Gasteiger partial charge in [-0.25, -0.2) is 0 Å². The molecule has 6 rings (SSSR count). The van der Waals surface area contributed by atoms with Gasteiger partial charge >= 0.3 is 6.18 Å². The lowest BCUT2D eigenvalue weighted by molar-refractivity contribution is -0.138. The van der Waals surface area contributed by atoms with Crippen LogP contribution in [0.5, 0.6) is 0 Å². The van der Waals surface area contributed by atoms with Crippen molar-refractivity contribution in [2.45, 2.75) is 70.1 Å². The molecule has 4 heterocycles. The Hall–Kier alpha value is -2.72. The number of anilines is 1. The number of alkyl halides is 3. The van der Waals surface area contributed by atoms with Crippen LogP contribution in [0.3, 0.4) is 0 Å². The molecule has 0 radical (unpaired) electrons. The average molecular weight is 544 g/mol. The number of fused-ring (bicyclic) bond motifs is 1. The van der Waals surface area contributed by atoms with Crippen molar-refractivity contribution in [1.29, 1.82) is 0 Å². The normalized spacial score (nSPS) is 21.9. The first-order chi connectivity index (χ1) is 18.2. The van der Waals surface area contributed by atoms with E-state index >= 15 is 0 Å². The number of likely N-dealkylation sites (tertiary alicyclic amines) is 1. The number of carbonyl (C=O) groups is 1. The highest BCUT2D eigenvalue weighted by molar-refractivity contribution is 7.16. The van der Waals surface area contributed by atoms with Gasteiger partial charge in [-0.05, 0) is 73.5 Å². The zero-order valence-electron chi connectivity index (χ0n) is 21.7. The lowest BCUT2D eigenvalue weighted by Crippen LogP contribution is -2.33. The van der Waals surface area contributed by atoms with Crippen LogP contribution in [0.2, 0.25) is 0 Å². The van der Waals surface area contributed by atoms with Crippen LogP contribution in [-0.4, -0.2) is 38.7 Å². The molecule has 0 N–H and O–H groups in total. The van der Waals surface area contributed by atoms with Crippen molar-refractivity contribution in [1.82, 2.24) is 19.7 Å². The number of nitrogens with zero attached hydrogens (tertiary/aromatic N) is 5. The van der Waals surface area contributed by atoms with Gasteiger partial charge in [-0.15, -0.1) is 21.5 Å². The van der Waals surface area contributed by atoms with Crippen LogP contribution >= 0.6 is 11.3 Å². The number of hydrogen-bond acceptors (Lipinski definition) is 5. The first-order valence-corrected chi connectivity index (χ1v) is 14.2. The van der Waals surface area contributed by atoms with Crippen molar-refractivity contribution in [3.05, 3.63) is 63.5 Å². The number of piperidine rings is 1. The van der Waals surface area contributed by atoms with E-state index in [9.17, 15) is 18.0 Å². The second-order valence-electron chi connectivity index (χ2n) is 11.2. The number of benzene rings is 1. The number of aryl methyl sites for hydroxylation is 1. The molecule has 1 aromatic carbocycles. The molecule has 1 saturated carbocycles. The van der Waals surface area contributed by atoms with Crippen molar-refractivity contribution in [2.24, 2.45) is 13.0 Å². The Morgan fingerprint density at radius 1 is 1.16 bits per heavy atom. The number of rotatable bonds is 5. The Bertz CT molecular complexity index is 1360. The largest absolute Gasteiger partial charge is 0.416 e. The van der Waals surface area contributed by atoms with Crippen LogP contribution in [0.25, 0.3) is 0 Å². The molecule has 1 saturated heterocycles. The smallest absolute Gasteiger partial charge is 0.320 e. The zero-order chi connectivity index (χ0) is 26.7. The number of aromatic nitrogens is 3. The number of thiophene rings is 1. The summed E-state index contributed by atoms with van der Waals surface area (Å²) in [5.41, 5.74) is -0.149. The van der Waals surface area contributed by atoms with E-state index < -0.39 is 11.7 Å². The molecule has 2 fully saturated rings. The molecular formula is C28H32F3N5OS. The van der Waals surface area contributed by atoms with Gasteiger partial charge in [0.05, 0.1) is 22.5 Å². The summed E-state index contributed by atoms with van der Waals surface area (Å²) in [7, 11) is 1.94. The number of carbonyl (C=O) groups excluding carboxylic acids is 1. The molecule has 0 unspecified atom stereocenters. The molecule has 10 heteroatoms. The molecule has 0 spiro atoms. The minimum atomic E-state index is -4.52. The summed E-state index contributed by atoms with van der Waals surface area (Å²) in [5.74, 6) is 1.07. The molecule has 1 atom stereocenters. The van der Waals surface area contributed by atoms with Gasteiger partial charge in [-0.1, -0.05) is 19.8 Å². The van der Waals surface area contributed by atoms with Crippen molar-refractivity contribution < 1.29 is 18.0 Å². The van der Waals surface area contributed by atoms with Crippen molar-refractivity contribution >= 4 is 22.2 Å². The Balaban J connectivity index is 1.33. The quantitative estimate of drug-likeness (QED) is 0.388. The van der Waals surface area contributed by atoms with Crippen molar-refractivity contribution in [3.8, 4) is 0 Å². The van der Waals surface area contributed by atoms with Gasteiger partial charge in [-0.3, -0.25) is 14.6 Å². The summed E-state index contributed by atoms with van der Waals surface area (Å²) >= 11 is 1.49. The fraction of sp³-hybridized carbons (Fsp3) is 0.536. The van der Waals surface area contributed by atoms with E-state index in [0.717, 1.165) is 62.3 Å². The van der Waals surface area contributed by atoms with Crippen LogP contribution in [0.15, 0.2) is 30.6 Å². The highest BCUT2D eigenvalue weighted by Crippen LogP contribution is 2.50. The van der Waals surface area contributed by atoms with E-state index in [-0.39, 0.29) is 29.0 Å². The summed E-state index contributed by atoms with van der Waals surface area (Å²) in [5, 5.41) is 9.18. The van der Waals surface area contributed by atoms with Crippen molar-refractivity contribution in [2.75, 3.05) is 18.0 Å². The molecule has 2 aliphatic heterocycles. The Morgan fingerprint density at radius 2 is 1.95 bits per heavy atom. The van der Waals surface area contributed by atoms with E-state index in [4.69, 9.17) is 0 Å². The fourth-order valence-electron chi connectivity index (χ4n) is 6.68. The highest BCUT2D eigenvalue weighted by atomic mass is 32.1. The second kappa shape index (κ2) is 9.48. The molecule has 1 aliphatic carbocycles. The summed E-state index contributed by atoms with van der Waals surface area (Å²) in [6.45, 7) is 4.27. The average Bonchev–Trinajstić information content (AvgIpc) is 3.65. The number of hydrogen-bond donors (Lipinski definition) is 0. The third kappa shape index (κ3) is 4.35. The van der Waals surface area contributed by atoms with Gasteiger partial charge in [0.2, 0.25) is 0 Å². The molecular weight excluding hydrogens is 511 g/mol. The van der Waals surface area contributed by atoms with Crippen LogP contribution < -0.4 is 4.90 Å². The third-order valence-electron chi connectivity index (χ3n) is 8.48. The topological polar surface area (TPSA) is 54.3 Å². The Labute approximate surface area is 224 Å². The molecule has 38 heavy (non-hydrogen) atoms. The van der Waals surface area contributed by atoms with Gasteiger partial charge in [0.1, 0.15) is 12.2 Å². The SMILES string of the molecule is C[C@H]1CCCN(Cc2cc3c(c(C(F)(F)F)c2)CN(c2ccc(C4(c5nncn5C)CCCC4)s2)C3=O)C1. The minimum Gasteiger partial charge on any atom is -0.320 e. The van der Waals surface area contributed by atoms with Gasteiger partial charge in [0.15, 0.2) is 0 Å². The molecule has 1 amide bonds. The molecule has 0 bridgehead atoms. The van der Waals surface area contributed by atoms with E-state index in [2.05, 4.69) is 22.0 Å². The lowest BCUT2D eigenvalue weighted by Gasteiger charge is -2.31. The maximum atomic E-state index is 14.2. The first kappa shape index (κ1) is 25.6. The van der Waals surface area contributed by atoms with Crippen LogP contribution in [-0.2, 0) is 31.7 Å². The Morgan fingerprint density at radius 3 is 2.63 bits per heavy atom. The summed E-state index contributed by atoms with van der Waals surface area (Å²) in [6.07, 6.45) is 3.37. The van der Waals surface area contributed by atoms with Gasteiger partial charge < -0.3 is 4.57 Å². The van der Waals surface area contributed by atoms with E-state index in [1.807, 2.05) is 23.7 Å². The summed E-state index contributed by atoms with van der Waals surface area (Å²) in [4.78, 5) is 18.4. The van der Waals surface area contributed by atoms with Gasteiger partial charge in [-0.2, -0.15) is 13.2 Å². The highest BCUT2D eigenvalue weighted by Gasteiger charge is 2.44. The fourth-order valence-corrected chi connectivity index (χ4v) is 7.93. The number of amides is 1. The monoisotopic (exact) mass is 543 g/mol. The number of halogens is 3. The third-order valence-corrected chi connectivity index (χ3v) is 9.79. The maximum Gasteiger partial charge on any atom is 0.416 e. The summed E-state index contributed by atoms with van der Waals surface area (Å²) < 4.78 is 44.6. The van der Waals surface area contributed by atoms with Crippen LogP contribution in [0.4, 0.5) is 18.2 Å². The van der Waals surface area contributed by atoms with E-state index in [1.54, 1.807) is 12.4 Å². The maximum absolute atomic E-state index is 14.2. The first-order valence-electron chi connectivity index (χ1n) is 13.4. The second-order valence-corrected chi connectivity index (χ2v) is 12.3. The van der Waals surface area contributed by atoms with Crippen LogP contribution in [0.1, 0.15) is 83.2 Å². The zero-order valence-corrected chi connectivity index (χ0v) is 22.5. The standard InChI is InChI=1S/C28H32F3N5OS/c1-18-6-5-11-35(14-18)15-19-12-20-21(22(13-19)28(29,30)31)16-36(25(20)37)24-8-7-23(38-24)27(9-3-4-10-27)26-33-32-17-34(26)2/h7-8,12-13,17-18H,3-6,9-11,14-16H2,1-2H3/t18-/m0/s1. The molecule has 3 aliphatic rings. The summed E-state index contributed by atoms with van der Waals surface area (Å²) in [6, 6.07) is 6.85. The predicted molar refractivity (Wildman–Crippen MR) is 140 cm³/mol. The van der Waals surface area contributed by atoms with E-state index in [1.165, 1.54) is 22.3 Å². The molecule has 3 aromatic rings. The Kier molecular flexibility index (Phi) is 6.38. The predicted octanol–water partition coefficient (Wildman–Crippen LogP) is 6.15. The van der Waals surface area contributed by atoms with Crippen molar-refractivity contribution in [3.63, 3.8) is 0 Å². The van der Waals surface area contributed by atoms with Crippen LogP contribution in [0, 0.1) is 5.92 Å². The minimum absolute atomic E-state index is 0.0685. The lowest BCUT2D eigenvalue weighted by atomic mass is 9.83. The molecule has 6 nitrogen and oxygen atoms in total. The molecule has 2 aromatic heterocycles. The molecule has 202 valence electrons. The van der Waals surface area contributed by atoms with E-state index in [0.29, 0.717) is 23.0 Å².